The summed E-state index contributed by atoms with van der Waals surface area (Å²) in [6, 6.07) is 2.99. The topological polar surface area (TPSA) is 79.7 Å². The molecule has 0 spiro atoms. The molecule has 1 aromatic heterocycles. The third-order valence-electron chi connectivity index (χ3n) is 3.24. The molecule has 1 aliphatic heterocycles. The van der Waals surface area contributed by atoms with Gasteiger partial charge in [-0.3, -0.25) is 9.69 Å². The Morgan fingerprint density at radius 3 is 2.58 bits per heavy atom. The van der Waals surface area contributed by atoms with Crippen LogP contribution in [0.5, 0.6) is 0 Å². The van der Waals surface area contributed by atoms with Crippen molar-refractivity contribution >= 4 is 17.7 Å². The lowest BCUT2D eigenvalue weighted by Crippen LogP contribution is -2.36. The number of ether oxygens (including phenoxy) is 1. The van der Waals surface area contributed by atoms with Crippen molar-refractivity contribution in [3.63, 3.8) is 0 Å². The normalized spacial score (nSPS) is 16.1. The summed E-state index contributed by atoms with van der Waals surface area (Å²) in [4.78, 5) is 28.4. The largest absolute Gasteiger partial charge is 0.478 e. The van der Waals surface area contributed by atoms with Crippen LogP contribution in [0, 0.1) is 5.92 Å². The fraction of sp³-hybridized carbons (Fsp3) is 0.462. The number of aromatic nitrogens is 1. The van der Waals surface area contributed by atoms with Gasteiger partial charge in [0.05, 0.1) is 5.56 Å². The van der Waals surface area contributed by atoms with Gasteiger partial charge >= 0.3 is 5.97 Å². The molecule has 6 heteroatoms. The number of rotatable bonds is 3. The Kier molecular flexibility index (Phi) is 4.11. The summed E-state index contributed by atoms with van der Waals surface area (Å²) in [5.41, 5.74) is 0.107. The van der Waals surface area contributed by atoms with E-state index in [9.17, 15) is 9.59 Å². The van der Waals surface area contributed by atoms with E-state index < -0.39 is 5.97 Å². The third-order valence-corrected chi connectivity index (χ3v) is 3.24. The van der Waals surface area contributed by atoms with Gasteiger partial charge in [0.15, 0.2) is 0 Å². The number of carbonyl (C=O) groups is 2. The molecule has 1 saturated heterocycles. The highest BCUT2D eigenvalue weighted by molar-refractivity contribution is 5.94. The van der Waals surface area contributed by atoms with Crippen LogP contribution < -0.4 is 4.90 Å². The highest BCUT2D eigenvalue weighted by Gasteiger charge is 2.25. The molecule has 102 valence electrons. The molecule has 0 radical (unpaired) electrons. The van der Waals surface area contributed by atoms with E-state index in [1.807, 2.05) is 0 Å². The van der Waals surface area contributed by atoms with Crippen LogP contribution in [0.15, 0.2) is 18.3 Å². The van der Waals surface area contributed by atoms with Gasteiger partial charge in [0, 0.05) is 32.4 Å². The number of anilines is 1. The monoisotopic (exact) mass is 264 g/mol. The van der Waals surface area contributed by atoms with Gasteiger partial charge in [-0.25, -0.2) is 9.78 Å². The molecule has 1 fully saturated rings. The third kappa shape index (κ3) is 3.08. The van der Waals surface area contributed by atoms with E-state index in [0.29, 0.717) is 19.0 Å². The maximum absolute atomic E-state index is 12.2. The molecular weight excluding hydrogens is 248 g/mol. The summed E-state index contributed by atoms with van der Waals surface area (Å²) >= 11 is 0. The summed E-state index contributed by atoms with van der Waals surface area (Å²) < 4.78 is 5.23. The van der Waals surface area contributed by atoms with Crippen molar-refractivity contribution in [3.05, 3.63) is 23.9 Å². The van der Waals surface area contributed by atoms with E-state index in [4.69, 9.17) is 9.84 Å². The van der Waals surface area contributed by atoms with Crippen molar-refractivity contribution < 1.29 is 19.4 Å². The Hall–Kier alpha value is -1.95. The molecule has 0 bridgehead atoms. The Labute approximate surface area is 111 Å². The maximum atomic E-state index is 12.2. The van der Waals surface area contributed by atoms with Gasteiger partial charge < -0.3 is 9.84 Å². The lowest BCUT2D eigenvalue weighted by Gasteiger charge is -2.25. The molecule has 1 aliphatic rings. The first-order chi connectivity index (χ1) is 9.09. The first-order valence-electron chi connectivity index (χ1n) is 6.14. The molecule has 2 rings (SSSR count). The number of aromatic carboxylic acids is 1. The Morgan fingerprint density at radius 1 is 1.37 bits per heavy atom. The smallest absolute Gasteiger partial charge is 0.337 e. The molecule has 0 atom stereocenters. The van der Waals surface area contributed by atoms with Gasteiger partial charge in [0.2, 0.25) is 5.91 Å². The molecule has 1 N–H and O–H groups in total. The molecule has 0 unspecified atom stereocenters. The van der Waals surface area contributed by atoms with Gasteiger partial charge in [0.1, 0.15) is 5.82 Å². The number of nitrogens with zero attached hydrogens (tertiary/aromatic N) is 2. The highest BCUT2D eigenvalue weighted by Crippen LogP contribution is 2.20. The first kappa shape index (κ1) is 13.5. The van der Waals surface area contributed by atoms with Gasteiger partial charge in [-0.1, -0.05) is 0 Å². The standard InChI is InChI=1S/C13H16N2O4/c1-15(12(16)9-4-6-19-7-5-9)11-3-2-10(8-14-11)13(17)18/h2-3,8-9H,4-7H2,1H3,(H,17,18). The molecular formula is C13H16N2O4. The first-order valence-corrected chi connectivity index (χ1v) is 6.14. The number of carbonyl (C=O) groups excluding carboxylic acids is 1. The van der Waals surface area contributed by atoms with Gasteiger partial charge in [-0.05, 0) is 25.0 Å². The van der Waals surface area contributed by atoms with Crippen molar-refractivity contribution in [1.82, 2.24) is 4.98 Å². The van der Waals surface area contributed by atoms with Gasteiger partial charge in [-0.15, -0.1) is 0 Å². The van der Waals surface area contributed by atoms with Crippen LogP contribution in [-0.4, -0.2) is 42.2 Å². The predicted octanol–water partition coefficient (Wildman–Crippen LogP) is 1.17. The second-order valence-electron chi connectivity index (χ2n) is 4.49. The van der Waals surface area contributed by atoms with E-state index in [-0.39, 0.29) is 17.4 Å². The summed E-state index contributed by atoms with van der Waals surface area (Å²) in [7, 11) is 1.65. The van der Waals surface area contributed by atoms with E-state index in [1.54, 1.807) is 13.1 Å². The predicted molar refractivity (Wildman–Crippen MR) is 68.1 cm³/mol. The van der Waals surface area contributed by atoms with Gasteiger partial charge in [-0.2, -0.15) is 0 Å². The van der Waals surface area contributed by atoms with E-state index in [0.717, 1.165) is 12.8 Å². The summed E-state index contributed by atoms with van der Waals surface area (Å²) in [5.74, 6) is -0.613. The molecule has 6 nitrogen and oxygen atoms in total. The Bertz CT molecular complexity index is 466. The second kappa shape index (κ2) is 5.79. The Morgan fingerprint density at radius 2 is 2.05 bits per heavy atom. The molecule has 1 amide bonds. The fourth-order valence-corrected chi connectivity index (χ4v) is 2.04. The zero-order valence-corrected chi connectivity index (χ0v) is 10.7. The molecule has 2 heterocycles. The summed E-state index contributed by atoms with van der Waals surface area (Å²) in [6.45, 7) is 1.21. The number of hydrogen-bond acceptors (Lipinski definition) is 4. The van der Waals surface area contributed by atoms with Crippen molar-refractivity contribution in [2.24, 2.45) is 5.92 Å². The molecule has 0 aliphatic carbocycles. The quantitative estimate of drug-likeness (QED) is 0.886. The average Bonchev–Trinajstić information content (AvgIpc) is 2.46. The fourth-order valence-electron chi connectivity index (χ4n) is 2.04. The molecule has 1 aromatic rings. The highest BCUT2D eigenvalue weighted by atomic mass is 16.5. The van der Waals surface area contributed by atoms with Gasteiger partial charge in [0.25, 0.3) is 0 Å². The van der Waals surface area contributed by atoms with Crippen LogP contribution in [0.4, 0.5) is 5.82 Å². The number of carboxylic acids is 1. The minimum absolute atomic E-state index is 0.00104. The maximum Gasteiger partial charge on any atom is 0.337 e. The van der Waals surface area contributed by atoms with Crippen LogP contribution in [0.2, 0.25) is 0 Å². The van der Waals surface area contributed by atoms with Crippen LogP contribution >= 0.6 is 0 Å². The van der Waals surface area contributed by atoms with E-state index in [1.165, 1.54) is 17.2 Å². The van der Waals surface area contributed by atoms with Crippen LogP contribution in [-0.2, 0) is 9.53 Å². The van der Waals surface area contributed by atoms with Crippen molar-refractivity contribution in [2.45, 2.75) is 12.8 Å². The lowest BCUT2D eigenvalue weighted by atomic mass is 9.99. The van der Waals surface area contributed by atoms with Crippen LogP contribution in [0.1, 0.15) is 23.2 Å². The number of pyridine rings is 1. The minimum Gasteiger partial charge on any atom is -0.478 e. The zero-order valence-electron chi connectivity index (χ0n) is 10.7. The molecule has 19 heavy (non-hydrogen) atoms. The summed E-state index contributed by atoms with van der Waals surface area (Å²) in [6.07, 6.45) is 2.69. The number of carboxylic acid groups (broad SMARTS) is 1. The lowest BCUT2D eigenvalue weighted by molar-refractivity contribution is -0.124. The molecule has 0 saturated carbocycles. The SMILES string of the molecule is CN(C(=O)C1CCOCC1)c1ccc(C(=O)O)cn1. The Balaban J connectivity index is 2.07. The number of hydrogen-bond donors (Lipinski definition) is 1. The molecule has 0 aromatic carbocycles. The van der Waals surface area contributed by atoms with Crippen LogP contribution in [0.3, 0.4) is 0 Å². The van der Waals surface area contributed by atoms with E-state index >= 15 is 0 Å². The van der Waals surface area contributed by atoms with Crippen molar-refractivity contribution in [2.75, 3.05) is 25.2 Å². The average molecular weight is 264 g/mol. The number of amides is 1. The van der Waals surface area contributed by atoms with Crippen molar-refractivity contribution in [3.8, 4) is 0 Å². The van der Waals surface area contributed by atoms with Crippen LogP contribution in [0.25, 0.3) is 0 Å². The minimum atomic E-state index is -1.03. The second-order valence-corrected chi connectivity index (χ2v) is 4.49. The van der Waals surface area contributed by atoms with E-state index in [2.05, 4.69) is 4.98 Å². The zero-order chi connectivity index (χ0) is 13.8. The summed E-state index contributed by atoms with van der Waals surface area (Å²) in [5, 5.41) is 8.79. The van der Waals surface area contributed by atoms with Crippen molar-refractivity contribution in [1.29, 1.82) is 0 Å².